The second kappa shape index (κ2) is 5.82. The number of hydrogen-bond acceptors (Lipinski definition) is 3. The summed E-state index contributed by atoms with van der Waals surface area (Å²) in [6.45, 7) is 3.18. The Hall–Kier alpha value is -1.35. The molecule has 0 fully saturated rings. The van der Waals surface area contributed by atoms with E-state index < -0.39 is 16.6 Å². The normalized spacial score (nSPS) is 13.8. The van der Waals surface area contributed by atoms with E-state index in [1.165, 1.54) is 6.92 Å². The third-order valence-corrected chi connectivity index (χ3v) is 3.00. The van der Waals surface area contributed by atoms with Crippen LogP contribution in [0, 0.1) is 0 Å². The largest absolute Gasteiger partial charge is 0.464 e. The van der Waals surface area contributed by atoms with Gasteiger partial charge in [0.1, 0.15) is 0 Å². The van der Waals surface area contributed by atoms with Crippen LogP contribution in [0.3, 0.4) is 0 Å². The maximum atomic E-state index is 11.7. The first kappa shape index (κ1) is 13.7. The molecule has 0 radical (unpaired) electrons. The van der Waals surface area contributed by atoms with Gasteiger partial charge in [0.2, 0.25) is 4.87 Å². The number of benzene rings is 1. The van der Waals surface area contributed by atoms with Crippen LogP contribution in [0.15, 0.2) is 30.3 Å². The number of halogens is 1. The minimum atomic E-state index is -1.61. The predicted octanol–water partition coefficient (Wildman–Crippen LogP) is 2.36. The van der Waals surface area contributed by atoms with E-state index in [1.54, 1.807) is 6.92 Å². The van der Waals surface area contributed by atoms with E-state index >= 15 is 0 Å². The Kier molecular flexibility index (Phi) is 4.70. The highest BCUT2D eigenvalue weighted by molar-refractivity contribution is 6.45. The van der Waals surface area contributed by atoms with Crippen LogP contribution in [0.25, 0.3) is 0 Å². The lowest BCUT2D eigenvalue weighted by molar-refractivity contribution is -0.149. The first-order valence-electron chi connectivity index (χ1n) is 5.41. The number of carbonyl (C=O) groups excluding carboxylic acids is 2. The van der Waals surface area contributed by atoms with E-state index in [-0.39, 0.29) is 13.0 Å². The van der Waals surface area contributed by atoms with Crippen molar-refractivity contribution in [2.75, 3.05) is 6.61 Å². The molecule has 1 unspecified atom stereocenters. The van der Waals surface area contributed by atoms with Crippen molar-refractivity contribution < 1.29 is 14.3 Å². The summed E-state index contributed by atoms with van der Waals surface area (Å²) in [4.78, 5) is 21.7. The molecule has 3 nitrogen and oxygen atoms in total. The van der Waals surface area contributed by atoms with Crippen LogP contribution in [0.2, 0.25) is 0 Å². The highest BCUT2D eigenvalue weighted by Gasteiger charge is 2.42. The summed E-state index contributed by atoms with van der Waals surface area (Å²) in [6, 6.07) is 9.16. The molecule has 0 heterocycles. The molecule has 1 rings (SSSR count). The highest BCUT2D eigenvalue weighted by atomic mass is 35.5. The van der Waals surface area contributed by atoms with Crippen molar-refractivity contribution in [1.29, 1.82) is 0 Å². The summed E-state index contributed by atoms with van der Waals surface area (Å²) < 4.78 is 4.85. The smallest absolute Gasteiger partial charge is 0.335 e. The SMILES string of the molecule is CCOC(=O)C(Cl)(Cc1ccccc1)C(C)=O. The molecule has 0 aromatic heterocycles. The predicted molar refractivity (Wildman–Crippen MR) is 66.0 cm³/mol. The average Bonchev–Trinajstić information content (AvgIpc) is 2.30. The number of ether oxygens (including phenoxy) is 1. The van der Waals surface area contributed by atoms with E-state index in [0.29, 0.717) is 0 Å². The van der Waals surface area contributed by atoms with E-state index in [0.717, 1.165) is 5.56 Å². The Morgan fingerprint density at radius 1 is 1.29 bits per heavy atom. The van der Waals surface area contributed by atoms with E-state index in [2.05, 4.69) is 0 Å². The van der Waals surface area contributed by atoms with Crippen molar-refractivity contribution in [3.05, 3.63) is 35.9 Å². The Balaban J connectivity index is 2.93. The zero-order valence-corrected chi connectivity index (χ0v) is 10.7. The summed E-state index contributed by atoms with van der Waals surface area (Å²) in [7, 11) is 0. The lowest BCUT2D eigenvalue weighted by Gasteiger charge is -2.21. The molecule has 1 aromatic rings. The van der Waals surface area contributed by atoms with Crippen molar-refractivity contribution >= 4 is 23.4 Å². The molecule has 0 aliphatic rings. The zero-order valence-electron chi connectivity index (χ0n) is 9.90. The lowest BCUT2D eigenvalue weighted by atomic mass is 9.95. The van der Waals surface area contributed by atoms with Crippen molar-refractivity contribution in [2.45, 2.75) is 25.1 Å². The second-order valence-electron chi connectivity index (χ2n) is 3.74. The van der Waals surface area contributed by atoms with E-state index in [4.69, 9.17) is 16.3 Å². The van der Waals surface area contributed by atoms with E-state index in [1.807, 2.05) is 30.3 Å². The van der Waals surface area contributed by atoms with Gasteiger partial charge in [-0.1, -0.05) is 41.9 Å². The number of Topliss-reactive ketones (excluding diaryl/α,β-unsaturated/α-hetero) is 1. The van der Waals surface area contributed by atoms with Gasteiger partial charge in [-0.05, 0) is 19.4 Å². The van der Waals surface area contributed by atoms with Gasteiger partial charge in [-0.3, -0.25) is 4.79 Å². The molecule has 0 bridgehead atoms. The van der Waals surface area contributed by atoms with Crippen LogP contribution >= 0.6 is 11.6 Å². The topological polar surface area (TPSA) is 43.4 Å². The van der Waals surface area contributed by atoms with Crippen LogP contribution in [0.4, 0.5) is 0 Å². The van der Waals surface area contributed by atoms with Gasteiger partial charge in [0.15, 0.2) is 5.78 Å². The van der Waals surface area contributed by atoms with Crippen LogP contribution in [-0.2, 0) is 20.7 Å². The van der Waals surface area contributed by atoms with Gasteiger partial charge in [0.05, 0.1) is 6.61 Å². The Labute approximate surface area is 106 Å². The average molecular weight is 255 g/mol. The number of esters is 1. The molecule has 4 heteroatoms. The fourth-order valence-electron chi connectivity index (χ4n) is 1.46. The molecule has 0 aliphatic carbocycles. The molecule has 0 aliphatic heterocycles. The molecular formula is C13H15ClO3. The molecule has 17 heavy (non-hydrogen) atoms. The Morgan fingerprint density at radius 2 is 1.88 bits per heavy atom. The first-order chi connectivity index (χ1) is 8.00. The summed E-state index contributed by atoms with van der Waals surface area (Å²) in [5.41, 5.74) is 0.825. The third kappa shape index (κ3) is 3.30. The molecule has 0 amide bonds. The van der Waals surface area contributed by atoms with Gasteiger partial charge in [-0.15, -0.1) is 0 Å². The molecule has 1 atom stereocenters. The van der Waals surface area contributed by atoms with Gasteiger partial charge >= 0.3 is 5.97 Å². The van der Waals surface area contributed by atoms with Gasteiger partial charge in [0, 0.05) is 6.42 Å². The fraction of sp³-hybridized carbons (Fsp3) is 0.385. The quantitative estimate of drug-likeness (QED) is 0.460. The molecule has 0 spiro atoms. The maximum Gasteiger partial charge on any atom is 0.335 e. The summed E-state index contributed by atoms with van der Waals surface area (Å²) in [5, 5.41) is 0. The first-order valence-corrected chi connectivity index (χ1v) is 5.79. The molecule has 0 saturated carbocycles. The van der Waals surface area contributed by atoms with Gasteiger partial charge in [-0.25, -0.2) is 4.79 Å². The number of rotatable bonds is 5. The maximum absolute atomic E-state index is 11.7. The minimum absolute atomic E-state index is 0.142. The fourth-order valence-corrected chi connectivity index (χ4v) is 1.67. The van der Waals surface area contributed by atoms with Crippen LogP contribution in [-0.4, -0.2) is 23.2 Å². The van der Waals surface area contributed by atoms with Crippen LogP contribution in [0.1, 0.15) is 19.4 Å². The third-order valence-electron chi connectivity index (χ3n) is 2.45. The van der Waals surface area contributed by atoms with Gasteiger partial charge in [-0.2, -0.15) is 0 Å². The summed E-state index contributed by atoms with van der Waals surface area (Å²) in [6.07, 6.45) is 0.142. The van der Waals surface area contributed by atoms with Crippen LogP contribution in [0.5, 0.6) is 0 Å². The summed E-state index contributed by atoms with van der Waals surface area (Å²) >= 11 is 6.11. The minimum Gasteiger partial charge on any atom is -0.464 e. The zero-order chi connectivity index (χ0) is 12.9. The Bertz CT molecular complexity index is 402. The lowest BCUT2D eigenvalue weighted by Crippen LogP contribution is -2.43. The molecule has 92 valence electrons. The van der Waals surface area contributed by atoms with Gasteiger partial charge in [0.25, 0.3) is 0 Å². The number of hydrogen-bond donors (Lipinski definition) is 0. The highest BCUT2D eigenvalue weighted by Crippen LogP contribution is 2.24. The molecule has 1 aromatic carbocycles. The van der Waals surface area contributed by atoms with Gasteiger partial charge < -0.3 is 4.74 Å². The summed E-state index contributed by atoms with van der Waals surface area (Å²) in [5.74, 6) is -1.08. The molecule has 0 saturated heterocycles. The number of alkyl halides is 1. The second-order valence-corrected chi connectivity index (χ2v) is 4.39. The Morgan fingerprint density at radius 3 is 2.35 bits per heavy atom. The molecular weight excluding hydrogens is 240 g/mol. The van der Waals surface area contributed by atoms with Crippen molar-refractivity contribution in [3.63, 3.8) is 0 Å². The number of carbonyl (C=O) groups is 2. The number of ketones is 1. The van der Waals surface area contributed by atoms with Crippen molar-refractivity contribution in [3.8, 4) is 0 Å². The van der Waals surface area contributed by atoms with Crippen LogP contribution < -0.4 is 0 Å². The van der Waals surface area contributed by atoms with E-state index in [9.17, 15) is 9.59 Å². The van der Waals surface area contributed by atoms with Crippen molar-refractivity contribution in [1.82, 2.24) is 0 Å². The van der Waals surface area contributed by atoms with Crippen molar-refractivity contribution in [2.24, 2.45) is 0 Å². The monoisotopic (exact) mass is 254 g/mol. The standard InChI is InChI=1S/C13H15ClO3/c1-3-17-12(16)13(14,10(2)15)9-11-7-5-4-6-8-11/h4-8H,3,9H2,1-2H3. The molecule has 0 N–H and O–H groups in total.